The van der Waals surface area contributed by atoms with Crippen LogP contribution in [0.25, 0.3) is 11.4 Å². The minimum absolute atomic E-state index is 0.0350. The summed E-state index contributed by atoms with van der Waals surface area (Å²) in [6.45, 7) is 5.26. The average Bonchev–Trinajstić information content (AvgIpc) is 3.26. The van der Waals surface area contributed by atoms with E-state index in [0.29, 0.717) is 29.8 Å². The van der Waals surface area contributed by atoms with Gasteiger partial charge >= 0.3 is 0 Å². The molecule has 168 valence electrons. The van der Waals surface area contributed by atoms with Crippen LogP contribution in [0.4, 0.5) is 5.69 Å². The molecule has 0 saturated heterocycles. The van der Waals surface area contributed by atoms with E-state index in [0.717, 1.165) is 41.8 Å². The van der Waals surface area contributed by atoms with Crippen molar-refractivity contribution in [1.82, 2.24) is 15.5 Å². The van der Waals surface area contributed by atoms with Gasteiger partial charge in [-0.1, -0.05) is 11.2 Å². The molecule has 2 aromatic carbocycles. The fourth-order valence-corrected chi connectivity index (χ4v) is 3.99. The summed E-state index contributed by atoms with van der Waals surface area (Å²) in [5, 5.41) is 7.14. The van der Waals surface area contributed by atoms with Gasteiger partial charge in [-0.25, -0.2) is 0 Å². The van der Waals surface area contributed by atoms with Crippen molar-refractivity contribution < 1.29 is 18.8 Å². The zero-order valence-corrected chi connectivity index (χ0v) is 18.8. The minimum atomic E-state index is -0.0350. The lowest BCUT2D eigenvalue weighted by Gasteiger charge is -2.31. The van der Waals surface area contributed by atoms with Gasteiger partial charge in [0, 0.05) is 29.4 Å². The van der Waals surface area contributed by atoms with Crippen LogP contribution in [0.5, 0.6) is 11.5 Å². The fourth-order valence-electron chi connectivity index (χ4n) is 3.99. The molecule has 0 bridgehead atoms. The number of aromatic nitrogens is 2. The number of rotatable bonds is 7. The zero-order chi connectivity index (χ0) is 22.7. The maximum Gasteiger partial charge on any atom is 0.251 e. The number of benzene rings is 2. The maximum absolute atomic E-state index is 12.7. The molecule has 1 N–H and O–H groups in total. The van der Waals surface area contributed by atoms with Crippen molar-refractivity contribution in [2.75, 3.05) is 25.7 Å². The van der Waals surface area contributed by atoms with Crippen molar-refractivity contribution in [2.24, 2.45) is 0 Å². The van der Waals surface area contributed by atoms with Gasteiger partial charge in [0.1, 0.15) is 0 Å². The zero-order valence-electron chi connectivity index (χ0n) is 18.8. The fraction of sp³-hybridized carbons (Fsp3) is 0.375. The monoisotopic (exact) mass is 436 g/mol. The lowest BCUT2D eigenvalue weighted by Crippen LogP contribution is -2.34. The Morgan fingerprint density at radius 1 is 1.19 bits per heavy atom. The Bertz CT molecular complexity index is 1110. The molecule has 0 radical (unpaired) electrons. The molecular formula is C24H28N4O4. The van der Waals surface area contributed by atoms with Crippen molar-refractivity contribution in [3.63, 3.8) is 0 Å². The van der Waals surface area contributed by atoms with Gasteiger partial charge < -0.3 is 24.2 Å². The molecule has 1 aliphatic heterocycles. The molecule has 0 saturated carbocycles. The molecule has 1 aromatic heterocycles. The molecule has 0 atom stereocenters. The predicted octanol–water partition coefficient (Wildman–Crippen LogP) is 3.84. The van der Waals surface area contributed by atoms with Crippen molar-refractivity contribution in [3.8, 4) is 22.9 Å². The van der Waals surface area contributed by atoms with Gasteiger partial charge in [-0.3, -0.25) is 4.79 Å². The first-order chi connectivity index (χ1) is 15.5. The predicted molar refractivity (Wildman–Crippen MR) is 121 cm³/mol. The Labute approximate surface area is 187 Å². The third kappa shape index (κ3) is 4.39. The second-order valence-corrected chi connectivity index (χ2v) is 8.04. The molecular weight excluding hydrogens is 408 g/mol. The van der Waals surface area contributed by atoms with Crippen LogP contribution in [-0.4, -0.2) is 42.9 Å². The molecule has 0 unspecified atom stereocenters. The highest BCUT2D eigenvalue weighted by molar-refractivity contribution is 5.97. The van der Waals surface area contributed by atoms with E-state index in [1.54, 1.807) is 14.2 Å². The average molecular weight is 437 g/mol. The second kappa shape index (κ2) is 9.30. The van der Waals surface area contributed by atoms with Crippen LogP contribution in [0.1, 0.15) is 42.1 Å². The smallest absolute Gasteiger partial charge is 0.251 e. The molecule has 32 heavy (non-hydrogen) atoms. The van der Waals surface area contributed by atoms with E-state index in [2.05, 4.69) is 20.4 Å². The summed E-state index contributed by atoms with van der Waals surface area (Å²) in [4.78, 5) is 19.4. The number of nitrogens with zero attached hydrogens (tertiary/aromatic N) is 3. The maximum atomic E-state index is 12.7. The van der Waals surface area contributed by atoms with E-state index in [9.17, 15) is 4.79 Å². The number of hydrogen-bond acceptors (Lipinski definition) is 7. The molecule has 3 aromatic rings. The molecule has 1 aliphatic rings. The molecule has 1 amide bonds. The molecule has 4 rings (SSSR count). The Hall–Kier alpha value is -3.55. The Morgan fingerprint density at radius 2 is 2.00 bits per heavy atom. The molecule has 0 fully saturated rings. The van der Waals surface area contributed by atoms with Crippen LogP contribution in [0.15, 0.2) is 40.9 Å². The van der Waals surface area contributed by atoms with Crippen molar-refractivity contribution in [2.45, 2.75) is 39.3 Å². The number of nitrogens with one attached hydrogen (secondary N) is 1. The first-order valence-electron chi connectivity index (χ1n) is 10.7. The standard InChI is InChI=1S/C24H28N4O4/c1-15(2)25-24(29)18-7-5-9-19-17(18)8-6-12-28(19)14-22-26-23(27-32-22)16-10-11-20(30-3)21(13-16)31-4/h5,7,9-11,13,15H,6,8,12,14H2,1-4H3,(H,25,29). The van der Waals surface area contributed by atoms with E-state index in [1.807, 2.05) is 50.2 Å². The minimum Gasteiger partial charge on any atom is -0.493 e. The Morgan fingerprint density at radius 3 is 2.75 bits per heavy atom. The Balaban J connectivity index is 1.56. The van der Waals surface area contributed by atoms with E-state index >= 15 is 0 Å². The van der Waals surface area contributed by atoms with E-state index in [-0.39, 0.29) is 11.9 Å². The third-order valence-corrected chi connectivity index (χ3v) is 5.45. The van der Waals surface area contributed by atoms with Crippen LogP contribution in [-0.2, 0) is 13.0 Å². The van der Waals surface area contributed by atoms with Gasteiger partial charge in [-0.05, 0) is 62.6 Å². The van der Waals surface area contributed by atoms with Gasteiger partial charge in [0.05, 0.1) is 20.8 Å². The van der Waals surface area contributed by atoms with Gasteiger partial charge in [-0.15, -0.1) is 0 Å². The van der Waals surface area contributed by atoms with Crippen molar-refractivity contribution >= 4 is 11.6 Å². The van der Waals surface area contributed by atoms with Gasteiger partial charge in [0.25, 0.3) is 5.91 Å². The summed E-state index contributed by atoms with van der Waals surface area (Å²) in [6.07, 6.45) is 1.82. The third-order valence-electron chi connectivity index (χ3n) is 5.45. The normalized spacial score (nSPS) is 13.1. The van der Waals surface area contributed by atoms with E-state index in [1.165, 1.54) is 0 Å². The number of amides is 1. The first-order valence-corrected chi connectivity index (χ1v) is 10.7. The van der Waals surface area contributed by atoms with Gasteiger partial charge in [-0.2, -0.15) is 4.98 Å². The summed E-state index contributed by atoms with van der Waals surface area (Å²) >= 11 is 0. The van der Waals surface area contributed by atoms with Gasteiger partial charge in [0.15, 0.2) is 11.5 Å². The largest absolute Gasteiger partial charge is 0.493 e. The van der Waals surface area contributed by atoms with Crippen molar-refractivity contribution in [3.05, 3.63) is 53.4 Å². The SMILES string of the molecule is COc1ccc(-c2noc(CN3CCCc4c(C(=O)NC(C)C)cccc43)n2)cc1OC. The number of fused-ring (bicyclic) bond motifs is 1. The summed E-state index contributed by atoms with van der Waals surface area (Å²) in [5.41, 5.74) is 3.62. The van der Waals surface area contributed by atoms with Crippen LogP contribution in [0.3, 0.4) is 0 Å². The highest BCUT2D eigenvalue weighted by Crippen LogP contribution is 2.33. The molecule has 8 nitrogen and oxygen atoms in total. The molecule has 8 heteroatoms. The molecule has 2 heterocycles. The summed E-state index contributed by atoms with van der Waals surface area (Å²) < 4.78 is 16.2. The summed E-state index contributed by atoms with van der Waals surface area (Å²) in [7, 11) is 3.19. The second-order valence-electron chi connectivity index (χ2n) is 8.04. The number of anilines is 1. The van der Waals surface area contributed by atoms with Crippen molar-refractivity contribution in [1.29, 1.82) is 0 Å². The van der Waals surface area contributed by atoms with Crippen LogP contribution < -0.4 is 19.7 Å². The summed E-state index contributed by atoms with van der Waals surface area (Å²) in [5.74, 6) is 2.21. The van der Waals surface area contributed by atoms with Crippen LogP contribution in [0.2, 0.25) is 0 Å². The lowest BCUT2D eigenvalue weighted by atomic mass is 9.95. The number of carbonyl (C=O) groups is 1. The van der Waals surface area contributed by atoms with Crippen LogP contribution >= 0.6 is 0 Å². The van der Waals surface area contributed by atoms with E-state index < -0.39 is 0 Å². The lowest BCUT2D eigenvalue weighted by molar-refractivity contribution is 0.0942. The number of hydrogen-bond donors (Lipinski definition) is 1. The molecule has 0 spiro atoms. The Kier molecular flexibility index (Phi) is 6.30. The topological polar surface area (TPSA) is 89.7 Å². The number of carbonyl (C=O) groups excluding carboxylic acids is 1. The summed E-state index contributed by atoms with van der Waals surface area (Å²) in [6, 6.07) is 11.5. The quantitative estimate of drug-likeness (QED) is 0.602. The highest BCUT2D eigenvalue weighted by Gasteiger charge is 2.24. The number of ether oxygens (including phenoxy) is 2. The highest BCUT2D eigenvalue weighted by atomic mass is 16.5. The molecule has 0 aliphatic carbocycles. The first kappa shape index (κ1) is 21.7. The van der Waals surface area contributed by atoms with E-state index in [4.69, 9.17) is 14.0 Å². The number of methoxy groups -OCH3 is 2. The van der Waals surface area contributed by atoms with Crippen LogP contribution in [0, 0.1) is 0 Å². The van der Waals surface area contributed by atoms with Gasteiger partial charge in [0.2, 0.25) is 11.7 Å².